The summed E-state index contributed by atoms with van der Waals surface area (Å²) in [6.45, 7) is 1.18. The molecule has 1 aliphatic heterocycles. The molecule has 0 saturated carbocycles. The van der Waals surface area contributed by atoms with E-state index in [0.717, 1.165) is 11.4 Å². The van der Waals surface area contributed by atoms with Gasteiger partial charge in [0.2, 0.25) is 15.8 Å². The number of nitrogens with one attached hydrogen (secondary N) is 1. The number of Topliss-reactive ketones (excluding diaryl/α,β-unsaturated/α-hetero) is 1. The van der Waals surface area contributed by atoms with Crippen LogP contribution in [-0.2, 0) is 19.6 Å². The van der Waals surface area contributed by atoms with E-state index in [0.29, 0.717) is 5.82 Å². The van der Waals surface area contributed by atoms with Gasteiger partial charge in [-0.05, 0) is 30.3 Å². The van der Waals surface area contributed by atoms with Crippen molar-refractivity contribution in [1.82, 2.24) is 4.72 Å². The lowest BCUT2D eigenvalue weighted by Gasteiger charge is -2.19. The molecule has 32 heavy (non-hydrogen) atoms. The first-order chi connectivity index (χ1) is 15.2. The van der Waals surface area contributed by atoms with Crippen LogP contribution in [-0.4, -0.2) is 47.4 Å². The van der Waals surface area contributed by atoms with Crippen molar-refractivity contribution in [1.29, 1.82) is 5.26 Å². The fourth-order valence-electron chi connectivity index (χ4n) is 3.41. The van der Waals surface area contributed by atoms with E-state index < -0.39 is 28.4 Å². The average molecular weight is 455 g/mol. The van der Waals surface area contributed by atoms with Gasteiger partial charge in [-0.25, -0.2) is 17.9 Å². The first-order valence-corrected chi connectivity index (χ1v) is 11.2. The van der Waals surface area contributed by atoms with Crippen molar-refractivity contribution < 1.29 is 22.7 Å². The molecule has 166 valence electrons. The van der Waals surface area contributed by atoms with Crippen LogP contribution < -0.4 is 14.5 Å². The summed E-state index contributed by atoms with van der Waals surface area (Å²) in [5, 5.41) is 9.63. The molecular formula is C22H22N4O5S. The summed E-state index contributed by atoms with van der Waals surface area (Å²) < 4.78 is 31.7. The Bertz CT molecular complexity index is 1220. The summed E-state index contributed by atoms with van der Waals surface area (Å²) in [6.07, 6.45) is 0. The molecule has 0 amide bonds. The molecule has 0 radical (unpaired) electrons. The van der Waals surface area contributed by atoms with Crippen molar-refractivity contribution in [3.63, 3.8) is 0 Å². The van der Waals surface area contributed by atoms with Gasteiger partial charge in [-0.15, -0.1) is 0 Å². The number of anilines is 2. The van der Waals surface area contributed by atoms with Gasteiger partial charge in [0.1, 0.15) is 17.5 Å². The second-order valence-electron chi connectivity index (χ2n) is 6.95. The maximum Gasteiger partial charge on any atom is 0.338 e. The van der Waals surface area contributed by atoms with E-state index in [1.807, 2.05) is 30.3 Å². The highest BCUT2D eigenvalue weighted by molar-refractivity contribution is 7.89. The van der Waals surface area contributed by atoms with Gasteiger partial charge in [-0.2, -0.15) is 5.26 Å². The lowest BCUT2D eigenvalue weighted by molar-refractivity contribution is -0.118. The summed E-state index contributed by atoms with van der Waals surface area (Å²) in [5.41, 5.74) is 1.50. The highest BCUT2D eigenvalue weighted by Crippen LogP contribution is 2.40. The zero-order valence-electron chi connectivity index (χ0n) is 17.8. The highest BCUT2D eigenvalue weighted by Gasteiger charge is 2.31. The lowest BCUT2D eigenvalue weighted by atomic mass is 10.2. The van der Waals surface area contributed by atoms with Crippen molar-refractivity contribution in [2.24, 2.45) is 0 Å². The molecule has 0 saturated heterocycles. The number of hydrogen-bond acceptors (Lipinski definition) is 8. The standard InChI is InChI=1S/C22H22N4O5S/c1-4-24-32(29,30)16-9-7-8-15(12-16)22(28)31-14-20(27)17(13-23)21-25(2)18-10-5-6-11-19(18)26(21)3/h5-12,24H,4,14H2,1-3H3. The first-order valence-electron chi connectivity index (χ1n) is 9.72. The van der Waals surface area contributed by atoms with Crippen LogP contribution in [0.25, 0.3) is 0 Å². The Hall–Kier alpha value is -3.68. The van der Waals surface area contributed by atoms with Gasteiger partial charge in [0.15, 0.2) is 6.61 Å². The number of hydrogen-bond donors (Lipinski definition) is 1. The van der Waals surface area contributed by atoms with Crippen molar-refractivity contribution in [2.45, 2.75) is 11.8 Å². The van der Waals surface area contributed by atoms with Crippen LogP contribution >= 0.6 is 0 Å². The number of para-hydroxylation sites is 2. The molecule has 0 atom stereocenters. The molecule has 0 unspecified atom stereocenters. The van der Waals surface area contributed by atoms with Crippen molar-refractivity contribution in [3.05, 3.63) is 65.5 Å². The number of fused-ring (bicyclic) bond motifs is 1. The van der Waals surface area contributed by atoms with Gasteiger partial charge in [0.25, 0.3) is 0 Å². The molecule has 1 heterocycles. The second-order valence-corrected chi connectivity index (χ2v) is 8.71. The third kappa shape index (κ3) is 4.34. The molecule has 0 aromatic heterocycles. The number of benzene rings is 2. The van der Waals surface area contributed by atoms with Gasteiger partial charge in [0.05, 0.1) is 21.8 Å². The van der Waals surface area contributed by atoms with E-state index in [1.165, 1.54) is 24.3 Å². The molecule has 2 aromatic carbocycles. The minimum Gasteiger partial charge on any atom is -0.454 e. The number of esters is 1. The van der Waals surface area contributed by atoms with E-state index in [4.69, 9.17) is 4.74 Å². The maximum absolute atomic E-state index is 12.7. The number of carbonyl (C=O) groups excluding carboxylic acids is 2. The van der Waals surface area contributed by atoms with Crippen LogP contribution in [0.5, 0.6) is 0 Å². The number of nitrogens with zero attached hydrogens (tertiary/aromatic N) is 3. The van der Waals surface area contributed by atoms with Crippen LogP contribution in [0.1, 0.15) is 17.3 Å². The Morgan fingerprint density at radius 2 is 1.69 bits per heavy atom. The fraction of sp³-hybridized carbons (Fsp3) is 0.227. The molecular weight excluding hydrogens is 432 g/mol. The maximum atomic E-state index is 12.7. The topological polar surface area (TPSA) is 120 Å². The Kier molecular flexibility index (Phi) is 6.62. The van der Waals surface area contributed by atoms with Crippen molar-refractivity contribution in [3.8, 4) is 6.07 Å². The number of rotatable bonds is 7. The predicted molar refractivity (Wildman–Crippen MR) is 118 cm³/mol. The molecule has 2 aromatic rings. The van der Waals surface area contributed by atoms with E-state index >= 15 is 0 Å². The Morgan fingerprint density at radius 3 is 2.25 bits per heavy atom. The van der Waals surface area contributed by atoms with Gasteiger partial charge >= 0.3 is 5.97 Å². The SMILES string of the molecule is CCNS(=O)(=O)c1cccc(C(=O)OCC(=O)C(C#N)=C2N(C)c3ccccc3N2C)c1. The molecule has 10 heteroatoms. The van der Waals surface area contributed by atoms with Crippen molar-refractivity contribution >= 4 is 33.2 Å². The Balaban J connectivity index is 1.78. The monoisotopic (exact) mass is 454 g/mol. The third-order valence-electron chi connectivity index (χ3n) is 4.90. The second kappa shape index (κ2) is 9.21. The molecule has 0 aliphatic carbocycles. The van der Waals surface area contributed by atoms with Crippen molar-refractivity contribution in [2.75, 3.05) is 37.0 Å². The van der Waals surface area contributed by atoms with Crippen LogP contribution in [0, 0.1) is 11.3 Å². The average Bonchev–Trinajstić information content (AvgIpc) is 3.03. The zero-order chi connectivity index (χ0) is 23.5. The molecule has 0 fully saturated rings. The smallest absolute Gasteiger partial charge is 0.338 e. The summed E-state index contributed by atoms with van der Waals surface area (Å²) in [6, 6.07) is 14.7. The molecule has 0 bridgehead atoms. The quantitative estimate of drug-likeness (QED) is 0.383. The summed E-state index contributed by atoms with van der Waals surface area (Å²) in [7, 11) is -0.270. The number of nitriles is 1. The Labute approximate surface area is 186 Å². The summed E-state index contributed by atoms with van der Waals surface area (Å²) >= 11 is 0. The molecule has 9 nitrogen and oxygen atoms in total. The minimum atomic E-state index is -3.75. The van der Waals surface area contributed by atoms with E-state index in [9.17, 15) is 23.3 Å². The zero-order valence-corrected chi connectivity index (χ0v) is 18.6. The van der Waals surface area contributed by atoms with E-state index in [-0.39, 0.29) is 22.6 Å². The van der Waals surface area contributed by atoms with Crippen LogP contribution in [0.2, 0.25) is 0 Å². The molecule has 1 N–H and O–H groups in total. The fourth-order valence-corrected chi connectivity index (χ4v) is 4.49. The van der Waals surface area contributed by atoms with E-state index in [1.54, 1.807) is 30.8 Å². The van der Waals surface area contributed by atoms with Crippen LogP contribution in [0.15, 0.2) is 64.8 Å². The third-order valence-corrected chi connectivity index (χ3v) is 6.45. The lowest BCUT2D eigenvalue weighted by Crippen LogP contribution is -2.28. The first kappa shape index (κ1) is 23.0. The number of ether oxygens (including phenoxy) is 1. The Morgan fingerprint density at radius 1 is 1.06 bits per heavy atom. The molecule has 3 rings (SSSR count). The molecule has 0 spiro atoms. The number of ketones is 1. The number of carbonyl (C=O) groups is 2. The predicted octanol–water partition coefficient (Wildman–Crippen LogP) is 2.03. The minimum absolute atomic E-state index is 0.0227. The van der Waals surface area contributed by atoms with Crippen LogP contribution in [0.3, 0.4) is 0 Å². The number of sulfonamides is 1. The largest absolute Gasteiger partial charge is 0.454 e. The summed E-state index contributed by atoms with van der Waals surface area (Å²) in [4.78, 5) is 28.5. The van der Waals surface area contributed by atoms with Gasteiger partial charge in [-0.3, -0.25) is 4.79 Å². The highest BCUT2D eigenvalue weighted by atomic mass is 32.2. The normalized spacial score (nSPS) is 12.9. The van der Waals surface area contributed by atoms with Gasteiger partial charge in [-0.1, -0.05) is 25.1 Å². The van der Waals surface area contributed by atoms with E-state index in [2.05, 4.69) is 4.72 Å². The molecule has 1 aliphatic rings. The van der Waals surface area contributed by atoms with Gasteiger partial charge < -0.3 is 14.5 Å². The van der Waals surface area contributed by atoms with Gasteiger partial charge in [0, 0.05) is 20.6 Å². The summed E-state index contributed by atoms with van der Waals surface area (Å²) in [5.74, 6) is -1.15. The van der Waals surface area contributed by atoms with Crippen LogP contribution in [0.4, 0.5) is 11.4 Å².